The molecule has 0 saturated carbocycles. The monoisotopic (exact) mass is 505 g/mol. The van der Waals surface area contributed by atoms with Crippen molar-refractivity contribution < 1.29 is 22.2 Å². The molecule has 3 aromatic rings. The van der Waals surface area contributed by atoms with Gasteiger partial charge < -0.3 is 9.50 Å². The van der Waals surface area contributed by atoms with E-state index in [4.69, 9.17) is 27.4 Å². The van der Waals surface area contributed by atoms with Crippen LogP contribution in [-0.4, -0.2) is 26.4 Å². The second kappa shape index (κ2) is 10.5. The zero-order valence-corrected chi connectivity index (χ0v) is 19.4. The molecule has 8 nitrogen and oxygen atoms in total. The molecular formula is C22H17Cl2N3O5S. The summed E-state index contributed by atoms with van der Waals surface area (Å²) in [4.78, 5) is 23.3. The molecule has 0 aromatic heterocycles. The second-order valence-electron chi connectivity index (χ2n) is 6.60. The van der Waals surface area contributed by atoms with E-state index >= 15 is 0 Å². The number of hydrogen-bond acceptors (Lipinski definition) is 6. The first-order valence-corrected chi connectivity index (χ1v) is 11.5. The van der Waals surface area contributed by atoms with E-state index < -0.39 is 16.0 Å². The first-order valence-electron chi connectivity index (χ1n) is 9.35. The Hall–Kier alpha value is -3.40. The standard InChI is InChI=1S/C22H17Cl2N3O5S/c1-14(28)26-17-7-9-18(10-8-17)33(30,31)32-21-5-3-2-4-15(21)13-25-27-22(29)19-11-6-16(23)12-20(19)24/h2-13H,1H3,(H,26,28)(H,27,29)/b25-13-. The van der Waals surface area contributed by atoms with Crippen molar-refractivity contribution in [1.82, 2.24) is 5.43 Å². The average Bonchev–Trinajstić information content (AvgIpc) is 2.74. The maximum Gasteiger partial charge on any atom is 0.339 e. The molecule has 0 atom stereocenters. The summed E-state index contributed by atoms with van der Waals surface area (Å²) in [5.74, 6) is -0.843. The molecule has 170 valence electrons. The van der Waals surface area contributed by atoms with Crippen molar-refractivity contribution in [3.05, 3.63) is 87.9 Å². The molecule has 0 radical (unpaired) electrons. The minimum absolute atomic E-state index is 0.00552. The van der Waals surface area contributed by atoms with Gasteiger partial charge in [0.25, 0.3) is 5.91 Å². The number of nitrogens with one attached hydrogen (secondary N) is 2. The van der Waals surface area contributed by atoms with E-state index in [2.05, 4.69) is 15.8 Å². The van der Waals surface area contributed by atoms with Crippen molar-refractivity contribution in [2.75, 3.05) is 5.32 Å². The van der Waals surface area contributed by atoms with Crippen LogP contribution in [0.1, 0.15) is 22.8 Å². The van der Waals surface area contributed by atoms with Gasteiger partial charge in [-0.1, -0.05) is 35.3 Å². The van der Waals surface area contributed by atoms with E-state index in [1.165, 1.54) is 61.7 Å². The highest BCUT2D eigenvalue weighted by Gasteiger charge is 2.18. The first kappa shape index (κ1) is 24.2. The van der Waals surface area contributed by atoms with E-state index in [0.717, 1.165) is 0 Å². The van der Waals surface area contributed by atoms with Gasteiger partial charge in [-0.25, -0.2) is 5.43 Å². The molecule has 0 aliphatic carbocycles. The van der Waals surface area contributed by atoms with Crippen LogP contribution in [0.25, 0.3) is 0 Å². The molecule has 0 unspecified atom stereocenters. The quantitative estimate of drug-likeness (QED) is 0.279. The SMILES string of the molecule is CC(=O)Nc1ccc(S(=O)(=O)Oc2ccccc2/C=N\NC(=O)c2ccc(Cl)cc2Cl)cc1. The van der Waals surface area contributed by atoms with Crippen molar-refractivity contribution in [2.45, 2.75) is 11.8 Å². The fourth-order valence-electron chi connectivity index (χ4n) is 2.63. The van der Waals surface area contributed by atoms with E-state index in [-0.39, 0.29) is 27.1 Å². The number of benzene rings is 3. The molecule has 0 aliphatic heterocycles. The van der Waals surface area contributed by atoms with Crippen LogP contribution in [0.2, 0.25) is 10.0 Å². The zero-order chi connectivity index (χ0) is 24.0. The molecule has 11 heteroatoms. The van der Waals surface area contributed by atoms with Crippen LogP contribution in [0.5, 0.6) is 5.75 Å². The minimum Gasteiger partial charge on any atom is -0.378 e. The normalized spacial score (nSPS) is 11.2. The Morgan fingerprint density at radius 1 is 1.00 bits per heavy atom. The number of hydrogen-bond donors (Lipinski definition) is 2. The predicted molar refractivity (Wildman–Crippen MR) is 127 cm³/mol. The van der Waals surface area contributed by atoms with Gasteiger partial charge in [-0.2, -0.15) is 13.5 Å². The lowest BCUT2D eigenvalue weighted by atomic mass is 10.2. The fourth-order valence-corrected chi connectivity index (χ4v) is 4.08. The number of nitrogens with zero attached hydrogens (tertiary/aromatic N) is 1. The third-order valence-electron chi connectivity index (χ3n) is 4.13. The molecular weight excluding hydrogens is 489 g/mol. The third-order valence-corrected chi connectivity index (χ3v) is 5.92. The van der Waals surface area contributed by atoms with E-state index in [1.54, 1.807) is 18.2 Å². The van der Waals surface area contributed by atoms with Gasteiger partial charge in [-0.3, -0.25) is 9.59 Å². The molecule has 0 spiro atoms. The number of rotatable bonds is 7. The number of amides is 2. The Morgan fingerprint density at radius 2 is 1.70 bits per heavy atom. The van der Waals surface area contributed by atoms with Crippen LogP contribution in [0.3, 0.4) is 0 Å². The van der Waals surface area contributed by atoms with Crippen molar-refractivity contribution in [3.8, 4) is 5.75 Å². The highest BCUT2D eigenvalue weighted by atomic mass is 35.5. The van der Waals surface area contributed by atoms with Gasteiger partial charge >= 0.3 is 10.1 Å². The van der Waals surface area contributed by atoms with E-state index in [9.17, 15) is 18.0 Å². The smallest absolute Gasteiger partial charge is 0.339 e. The zero-order valence-electron chi connectivity index (χ0n) is 17.1. The molecule has 2 amide bonds. The molecule has 0 heterocycles. The van der Waals surface area contributed by atoms with Gasteiger partial charge in [0.1, 0.15) is 4.90 Å². The Kier molecular flexibility index (Phi) is 7.70. The molecule has 0 fully saturated rings. The lowest BCUT2D eigenvalue weighted by molar-refractivity contribution is -0.114. The summed E-state index contributed by atoms with van der Waals surface area (Å²) in [5, 5.41) is 6.95. The molecule has 2 N–H and O–H groups in total. The maximum absolute atomic E-state index is 12.7. The Bertz CT molecular complexity index is 1330. The lowest BCUT2D eigenvalue weighted by Gasteiger charge is -2.10. The van der Waals surface area contributed by atoms with Gasteiger partial charge in [0, 0.05) is 23.2 Å². The fraction of sp³-hybridized carbons (Fsp3) is 0.0455. The van der Waals surface area contributed by atoms with Gasteiger partial charge in [0.05, 0.1) is 16.8 Å². The van der Waals surface area contributed by atoms with Gasteiger partial charge in [0.15, 0.2) is 5.75 Å². The summed E-state index contributed by atoms with van der Waals surface area (Å²) >= 11 is 11.8. The number of carbonyl (C=O) groups is 2. The second-order valence-corrected chi connectivity index (χ2v) is 8.99. The van der Waals surface area contributed by atoms with Crippen LogP contribution in [0, 0.1) is 0 Å². The molecule has 0 bridgehead atoms. The van der Waals surface area contributed by atoms with E-state index in [0.29, 0.717) is 16.3 Å². The molecule has 33 heavy (non-hydrogen) atoms. The number of carbonyl (C=O) groups excluding carboxylic acids is 2. The topological polar surface area (TPSA) is 114 Å². The van der Waals surface area contributed by atoms with Crippen LogP contribution in [-0.2, 0) is 14.9 Å². The maximum atomic E-state index is 12.7. The highest BCUT2D eigenvalue weighted by molar-refractivity contribution is 7.87. The average molecular weight is 506 g/mol. The van der Waals surface area contributed by atoms with Gasteiger partial charge in [-0.15, -0.1) is 0 Å². The summed E-state index contributed by atoms with van der Waals surface area (Å²) < 4.78 is 30.6. The van der Waals surface area contributed by atoms with Crippen molar-refractivity contribution in [2.24, 2.45) is 5.10 Å². The molecule has 3 rings (SSSR count). The van der Waals surface area contributed by atoms with Crippen molar-refractivity contribution in [3.63, 3.8) is 0 Å². The lowest BCUT2D eigenvalue weighted by Crippen LogP contribution is -2.18. The van der Waals surface area contributed by atoms with Crippen LogP contribution in [0.4, 0.5) is 5.69 Å². The summed E-state index contributed by atoms with van der Waals surface area (Å²) in [6, 6.07) is 16.2. The molecule has 0 saturated heterocycles. The largest absolute Gasteiger partial charge is 0.378 e. The number of hydrazone groups is 1. The van der Waals surface area contributed by atoms with E-state index in [1.807, 2.05) is 0 Å². The van der Waals surface area contributed by atoms with Crippen molar-refractivity contribution >= 4 is 57.0 Å². The van der Waals surface area contributed by atoms with Gasteiger partial charge in [-0.05, 0) is 54.6 Å². The summed E-state index contributed by atoms with van der Waals surface area (Å²) in [6.07, 6.45) is 1.24. The summed E-state index contributed by atoms with van der Waals surface area (Å²) in [5.41, 5.74) is 3.24. The Morgan fingerprint density at radius 3 is 2.36 bits per heavy atom. The minimum atomic E-state index is -4.17. The Labute approximate surface area is 200 Å². The predicted octanol–water partition coefficient (Wildman–Crippen LogP) is 4.48. The summed E-state index contributed by atoms with van der Waals surface area (Å²) in [6.45, 7) is 1.35. The highest BCUT2D eigenvalue weighted by Crippen LogP contribution is 2.23. The van der Waals surface area contributed by atoms with Crippen LogP contribution in [0.15, 0.2) is 76.7 Å². The number of halogens is 2. The van der Waals surface area contributed by atoms with Crippen molar-refractivity contribution in [1.29, 1.82) is 0 Å². The first-order chi connectivity index (χ1) is 15.7. The summed E-state index contributed by atoms with van der Waals surface area (Å²) in [7, 11) is -4.17. The van der Waals surface area contributed by atoms with Crippen LogP contribution < -0.4 is 14.9 Å². The number of anilines is 1. The molecule has 0 aliphatic rings. The van der Waals surface area contributed by atoms with Gasteiger partial charge in [0.2, 0.25) is 5.91 Å². The van der Waals surface area contributed by atoms with Crippen LogP contribution >= 0.6 is 23.2 Å². The number of para-hydroxylation sites is 1. The molecule has 3 aromatic carbocycles. The third kappa shape index (κ3) is 6.55. The Balaban J connectivity index is 1.74.